The van der Waals surface area contributed by atoms with Gasteiger partial charge in [-0.25, -0.2) is 4.98 Å². The van der Waals surface area contributed by atoms with Crippen LogP contribution in [0.1, 0.15) is 13.3 Å². The van der Waals surface area contributed by atoms with Gasteiger partial charge in [0, 0.05) is 18.1 Å². The van der Waals surface area contributed by atoms with Gasteiger partial charge in [-0.15, -0.1) is 0 Å². The zero-order chi connectivity index (χ0) is 10.4. The van der Waals surface area contributed by atoms with Crippen molar-refractivity contribution < 1.29 is 9.53 Å². The molecule has 0 aliphatic heterocycles. The highest BCUT2D eigenvalue weighted by molar-refractivity contribution is 7.09. The molecule has 0 amide bonds. The van der Waals surface area contributed by atoms with Crippen LogP contribution >= 0.6 is 11.5 Å². The Kier molecular flexibility index (Phi) is 4.31. The maximum absolute atomic E-state index is 11.1. The molecule has 78 valence electrons. The van der Waals surface area contributed by atoms with Gasteiger partial charge < -0.3 is 9.64 Å². The van der Waals surface area contributed by atoms with Crippen LogP contribution in [0.25, 0.3) is 0 Å². The number of anilines is 1. The third-order valence-corrected chi connectivity index (χ3v) is 2.39. The average molecular weight is 215 g/mol. The Balaban J connectivity index is 2.60. The lowest BCUT2D eigenvalue weighted by atomic mass is 10.4. The Morgan fingerprint density at radius 1 is 1.71 bits per heavy atom. The van der Waals surface area contributed by atoms with Crippen molar-refractivity contribution in [2.45, 2.75) is 13.3 Å². The van der Waals surface area contributed by atoms with E-state index in [0.717, 1.165) is 18.1 Å². The van der Waals surface area contributed by atoms with Crippen LogP contribution in [0.4, 0.5) is 5.13 Å². The smallest absolute Gasteiger partial charge is 0.325 e. The molecule has 0 aliphatic rings. The van der Waals surface area contributed by atoms with E-state index < -0.39 is 0 Å². The molecule has 0 bridgehead atoms. The van der Waals surface area contributed by atoms with E-state index in [1.54, 1.807) is 0 Å². The minimum absolute atomic E-state index is 0.236. The van der Waals surface area contributed by atoms with Crippen LogP contribution in [0, 0.1) is 0 Å². The van der Waals surface area contributed by atoms with Crippen LogP contribution in [0.5, 0.6) is 0 Å². The van der Waals surface area contributed by atoms with Gasteiger partial charge >= 0.3 is 5.97 Å². The summed E-state index contributed by atoms with van der Waals surface area (Å²) in [7, 11) is 1.38. The van der Waals surface area contributed by atoms with Crippen molar-refractivity contribution in [3.05, 3.63) is 6.33 Å². The maximum Gasteiger partial charge on any atom is 0.325 e. The highest BCUT2D eigenvalue weighted by Gasteiger charge is 2.13. The number of nitrogens with zero attached hydrogens (tertiary/aromatic N) is 3. The van der Waals surface area contributed by atoms with Crippen LogP contribution in [0.2, 0.25) is 0 Å². The predicted octanol–water partition coefficient (Wildman–Crippen LogP) is 0.927. The molecular weight excluding hydrogens is 202 g/mol. The van der Waals surface area contributed by atoms with Crippen molar-refractivity contribution in [2.24, 2.45) is 0 Å². The summed E-state index contributed by atoms with van der Waals surface area (Å²) in [6.07, 6.45) is 2.44. The summed E-state index contributed by atoms with van der Waals surface area (Å²) in [4.78, 5) is 17.0. The van der Waals surface area contributed by atoms with Gasteiger partial charge in [0.1, 0.15) is 12.9 Å². The number of esters is 1. The summed E-state index contributed by atoms with van der Waals surface area (Å²) < 4.78 is 8.50. The van der Waals surface area contributed by atoms with Crippen molar-refractivity contribution in [1.82, 2.24) is 9.36 Å². The summed E-state index contributed by atoms with van der Waals surface area (Å²) in [6.45, 7) is 3.06. The van der Waals surface area contributed by atoms with E-state index in [-0.39, 0.29) is 12.5 Å². The Labute approximate surface area is 86.9 Å². The van der Waals surface area contributed by atoms with Crippen LogP contribution in [-0.2, 0) is 9.53 Å². The van der Waals surface area contributed by atoms with Gasteiger partial charge in [-0.05, 0) is 6.42 Å². The predicted molar refractivity (Wildman–Crippen MR) is 54.4 cm³/mol. The second kappa shape index (κ2) is 5.54. The number of hydrogen-bond acceptors (Lipinski definition) is 6. The first-order valence-electron chi connectivity index (χ1n) is 4.36. The fraction of sp³-hybridized carbons (Fsp3) is 0.625. The van der Waals surface area contributed by atoms with Crippen LogP contribution in [0.3, 0.4) is 0 Å². The molecule has 0 saturated heterocycles. The fourth-order valence-electron chi connectivity index (χ4n) is 1.04. The minimum Gasteiger partial charge on any atom is -0.468 e. The molecular formula is C8H13N3O2S. The summed E-state index contributed by atoms with van der Waals surface area (Å²) >= 11 is 1.28. The van der Waals surface area contributed by atoms with Gasteiger partial charge in [-0.3, -0.25) is 4.79 Å². The monoisotopic (exact) mass is 215 g/mol. The first kappa shape index (κ1) is 10.9. The first-order chi connectivity index (χ1) is 6.77. The van der Waals surface area contributed by atoms with Gasteiger partial charge in [0.25, 0.3) is 0 Å². The van der Waals surface area contributed by atoms with Crippen LogP contribution < -0.4 is 4.90 Å². The Morgan fingerprint density at radius 3 is 3.00 bits per heavy atom. The third kappa shape index (κ3) is 2.95. The number of aromatic nitrogens is 2. The van der Waals surface area contributed by atoms with Gasteiger partial charge in [-0.1, -0.05) is 6.92 Å². The highest BCUT2D eigenvalue weighted by atomic mass is 32.1. The highest BCUT2D eigenvalue weighted by Crippen LogP contribution is 2.14. The summed E-state index contributed by atoms with van der Waals surface area (Å²) in [5.74, 6) is -0.256. The van der Waals surface area contributed by atoms with Gasteiger partial charge in [0.05, 0.1) is 7.11 Å². The summed E-state index contributed by atoms with van der Waals surface area (Å²) in [5, 5.41) is 0.761. The van der Waals surface area contributed by atoms with Crippen LogP contribution in [0.15, 0.2) is 6.33 Å². The number of ether oxygens (including phenoxy) is 1. The topological polar surface area (TPSA) is 55.3 Å². The molecule has 0 radical (unpaired) electrons. The SMILES string of the molecule is CCCN(CC(=O)OC)c1ncns1. The molecule has 0 saturated carbocycles. The second-order valence-electron chi connectivity index (χ2n) is 2.72. The van der Waals surface area contributed by atoms with Crippen molar-refractivity contribution in [3.63, 3.8) is 0 Å². The standard InChI is InChI=1S/C8H13N3O2S/c1-3-4-11(5-7(12)13-2)8-9-6-10-14-8/h6H,3-5H2,1-2H3. The molecule has 0 spiro atoms. The van der Waals surface area contributed by atoms with Crippen LogP contribution in [-0.4, -0.2) is 35.5 Å². The number of hydrogen-bond donors (Lipinski definition) is 0. The Bertz CT molecular complexity index is 276. The van der Waals surface area contributed by atoms with E-state index >= 15 is 0 Å². The fourth-order valence-corrected chi connectivity index (χ4v) is 1.59. The third-order valence-electron chi connectivity index (χ3n) is 1.66. The number of carbonyl (C=O) groups is 1. The molecule has 0 N–H and O–H groups in total. The molecule has 0 aliphatic carbocycles. The van der Waals surface area contributed by atoms with Gasteiger partial charge in [-0.2, -0.15) is 4.37 Å². The Hall–Kier alpha value is -1.17. The van der Waals surface area contributed by atoms with E-state index in [2.05, 4.69) is 14.1 Å². The number of rotatable bonds is 5. The average Bonchev–Trinajstić information content (AvgIpc) is 2.69. The van der Waals surface area contributed by atoms with Crippen molar-refractivity contribution >= 4 is 22.6 Å². The molecule has 1 aromatic rings. The van der Waals surface area contributed by atoms with Gasteiger partial charge in [0.15, 0.2) is 0 Å². The molecule has 1 rings (SSSR count). The lowest BCUT2D eigenvalue weighted by Gasteiger charge is -2.18. The molecule has 0 atom stereocenters. The Morgan fingerprint density at radius 2 is 2.50 bits per heavy atom. The van der Waals surface area contributed by atoms with E-state index in [1.165, 1.54) is 25.0 Å². The molecule has 5 nitrogen and oxygen atoms in total. The minimum atomic E-state index is -0.256. The molecule has 1 heterocycles. The molecule has 0 unspecified atom stereocenters. The summed E-state index contributed by atoms with van der Waals surface area (Å²) in [5.41, 5.74) is 0. The van der Waals surface area contributed by atoms with Crippen molar-refractivity contribution in [1.29, 1.82) is 0 Å². The van der Waals surface area contributed by atoms with Crippen molar-refractivity contribution in [2.75, 3.05) is 25.1 Å². The van der Waals surface area contributed by atoms with Crippen molar-refractivity contribution in [3.8, 4) is 0 Å². The van der Waals surface area contributed by atoms with E-state index in [0.29, 0.717) is 0 Å². The second-order valence-corrected chi connectivity index (χ2v) is 3.48. The van der Waals surface area contributed by atoms with E-state index in [9.17, 15) is 4.79 Å². The summed E-state index contributed by atoms with van der Waals surface area (Å²) in [6, 6.07) is 0. The quantitative estimate of drug-likeness (QED) is 0.684. The normalized spacial score (nSPS) is 9.86. The first-order valence-corrected chi connectivity index (χ1v) is 5.13. The molecule has 14 heavy (non-hydrogen) atoms. The molecule has 6 heteroatoms. The molecule has 0 fully saturated rings. The van der Waals surface area contributed by atoms with Gasteiger partial charge in [0.2, 0.25) is 5.13 Å². The number of carbonyl (C=O) groups excluding carboxylic acids is 1. The lowest BCUT2D eigenvalue weighted by Crippen LogP contribution is -2.31. The molecule has 1 aromatic heterocycles. The zero-order valence-corrected chi connectivity index (χ0v) is 9.08. The van der Waals surface area contributed by atoms with E-state index in [4.69, 9.17) is 0 Å². The maximum atomic E-state index is 11.1. The lowest BCUT2D eigenvalue weighted by molar-refractivity contribution is -0.138. The van der Waals surface area contributed by atoms with E-state index in [1.807, 2.05) is 11.8 Å². The molecule has 0 aromatic carbocycles. The number of methoxy groups -OCH3 is 1. The zero-order valence-electron chi connectivity index (χ0n) is 8.27. The largest absolute Gasteiger partial charge is 0.468 e.